The average molecular weight is 363 g/mol. The van der Waals surface area contributed by atoms with Gasteiger partial charge in [-0.1, -0.05) is 12.1 Å². The lowest BCUT2D eigenvalue weighted by Crippen LogP contribution is -2.32. The van der Waals surface area contributed by atoms with Gasteiger partial charge in [-0.2, -0.15) is 9.61 Å². The smallest absolute Gasteiger partial charge is 0.226 e. The van der Waals surface area contributed by atoms with Gasteiger partial charge in [-0.05, 0) is 38.0 Å². The zero-order valence-electron chi connectivity index (χ0n) is 15.3. The van der Waals surface area contributed by atoms with Crippen molar-refractivity contribution < 1.29 is 4.74 Å². The minimum Gasteiger partial charge on any atom is -0.372 e. The normalized spacial score (nSPS) is 20.4. The molecule has 2 atom stereocenters. The number of aryl methyl sites for hydroxylation is 2. The summed E-state index contributed by atoms with van der Waals surface area (Å²) in [6.45, 7) is 2.60. The molecule has 5 rings (SSSR count). The SMILES string of the molecule is Cc1nc2c3ccccc3nc(NC3CCOC(c4ccnn4C)C3)n2n1. The van der Waals surface area contributed by atoms with E-state index in [1.54, 1.807) is 0 Å². The molecule has 1 aliphatic rings. The predicted molar refractivity (Wildman–Crippen MR) is 102 cm³/mol. The molecular formula is C19H21N7O. The van der Waals surface area contributed by atoms with E-state index in [1.807, 2.05) is 59.7 Å². The van der Waals surface area contributed by atoms with Gasteiger partial charge in [-0.15, -0.1) is 5.10 Å². The molecule has 2 unspecified atom stereocenters. The van der Waals surface area contributed by atoms with Crippen LogP contribution in [0.2, 0.25) is 0 Å². The number of benzene rings is 1. The Kier molecular flexibility index (Phi) is 3.78. The standard InChI is InChI=1S/C19H21N7O/c1-12-21-18-14-5-3-4-6-15(14)23-19(26(18)24-12)22-13-8-10-27-17(11-13)16-7-9-20-25(16)2/h3-7,9,13,17H,8,10-11H2,1-2H3,(H,22,23). The maximum atomic E-state index is 5.98. The monoisotopic (exact) mass is 363 g/mol. The van der Waals surface area contributed by atoms with E-state index in [0.29, 0.717) is 6.61 Å². The van der Waals surface area contributed by atoms with E-state index in [-0.39, 0.29) is 12.1 Å². The van der Waals surface area contributed by atoms with Crippen LogP contribution >= 0.6 is 0 Å². The van der Waals surface area contributed by atoms with E-state index in [2.05, 4.69) is 20.5 Å². The summed E-state index contributed by atoms with van der Waals surface area (Å²) < 4.78 is 9.66. The van der Waals surface area contributed by atoms with Gasteiger partial charge in [-0.25, -0.2) is 9.97 Å². The third kappa shape index (κ3) is 2.82. The Morgan fingerprint density at radius 3 is 2.93 bits per heavy atom. The lowest BCUT2D eigenvalue weighted by Gasteiger charge is -2.30. The quantitative estimate of drug-likeness (QED) is 0.603. The van der Waals surface area contributed by atoms with Gasteiger partial charge in [0.2, 0.25) is 5.95 Å². The fourth-order valence-corrected chi connectivity index (χ4v) is 3.77. The first-order valence-corrected chi connectivity index (χ1v) is 9.17. The van der Waals surface area contributed by atoms with Crippen LogP contribution in [0.3, 0.4) is 0 Å². The van der Waals surface area contributed by atoms with Crippen molar-refractivity contribution in [3.05, 3.63) is 48.0 Å². The van der Waals surface area contributed by atoms with Crippen molar-refractivity contribution in [2.75, 3.05) is 11.9 Å². The van der Waals surface area contributed by atoms with Crippen LogP contribution in [-0.4, -0.2) is 42.0 Å². The molecule has 0 amide bonds. The van der Waals surface area contributed by atoms with Crippen LogP contribution in [0.15, 0.2) is 36.5 Å². The number of aromatic nitrogens is 6. The van der Waals surface area contributed by atoms with Gasteiger partial charge in [-0.3, -0.25) is 4.68 Å². The highest BCUT2D eigenvalue weighted by Gasteiger charge is 2.27. The molecule has 0 saturated carbocycles. The molecule has 0 aliphatic carbocycles. The summed E-state index contributed by atoms with van der Waals surface area (Å²) >= 11 is 0. The predicted octanol–water partition coefficient (Wildman–Crippen LogP) is 2.65. The minimum absolute atomic E-state index is 0.0252. The molecule has 4 aromatic rings. The van der Waals surface area contributed by atoms with Gasteiger partial charge in [0, 0.05) is 31.3 Å². The Morgan fingerprint density at radius 1 is 1.19 bits per heavy atom. The van der Waals surface area contributed by atoms with Gasteiger partial charge >= 0.3 is 0 Å². The zero-order chi connectivity index (χ0) is 18.4. The summed E-state index contributed by atoms with van der Waals surface area (Å²) in [6.07, 6.45) is 3.60. The molecular weight excluding hydrogens is 342 g/mol. The van der Waals surface area contributed by atoms with Crippen LogP contribution < -0.4 is 5.32 Å². The summed E-state index contributed by atoms with van der Waals surface area (Å²) in [4.78, 5) is 9.40. The van der Waals surface area contributed by atoms with E-state index in [0.717, 1.165) is 46.9 Å². The Labute approximate surface area is 156 Å². The van der Waals surface area contributed by atoms with E-state index in [4.69, 9.17) is 9.72 Å². The van der Waals surface area contributed by atoms with Gasteiger partial charge in [0.15, 0.2) is 5.65 Å². The van der Waals surface area contributed by atoms with Crippen molar-refractivity contribution in [3.63, 3.8) is 0 Å². The highest BCUT2D eigenvalue weighted by molar-refractivity contribution is 5.92. The molecule has 1 aromatic carbocycles. The molecule has 0 spiro atoms. The van der Waals surface area contributed by atoms with Gasteiger partial charge < -0.3 is 10.1 Å². The van der Waals surface area contributed by atoms with Crippen molar-refractivity contribution in [1.82, 2.24) is 29.4 Å². The average Bonchev–Trinajstić information content (AvgIpc) is 3.28. The van der Waals surface area contributed by atoms with Crippen LogP contribution in [0.5, 0.6) is 0 Å². The second kappa shape index (κ2) is 6.31. The molecule has 4 heterocycles. The third-order valence-corrected chi connectivity index (χ3v) is 5.09. The number of hydrogen-bond acceptors (Lipinski definition) is 6. The molecule has 8 nitrogen and oxygen atoms in total. The second-order valence-electron chi connectivity index (χ2n) is 6.95. The molecule has 1 aliphatic heterocycles. The fraction of sp³-hybridized carbons (Fsp3) is 0.368. The van der Waals surface area contributed by atoms with Crippen LogP contribution in [0.1, 0.15) is 30.5 Å². The summed E-state index contributed by atoms with van der Waals surface area (Å²) in [5, 5.41) is 13.4. The molecule has 1 fully saturated rings. The number of rotatable bonds is 3. The van der Waals surface area contributed by atoms with Crippen LogP contribution in [0.25, 0.3) is 16.6 Å². The third-order valence-electron chi connectivity index (χ3n) is 5.09. The van der Waals surface area contributed by atoms with Crippen molar-refractivity contribution in [2.24, 2.45) is 7.05 Å². The van der Waals surface area contributed by atoms with E-state index in [9.17, 15) is 0 Å². The number of nitrogens with zero attached hydrogens (tertiary/aromatic N) is 6. The second-order valence-corrected chi connectivity index (χ2v) is 6.95. The maximum absolute atomic E-state index is 5.98. The van der Waals surface area contributed by atoms with Crippen molar-refractivity contribution in [3.8, 4) is 0 Å². The number of anilines is 1. The van der Waals surface area contributed by atoms with Gasteiger partial charge in [0.05, 0.1) is 11.2 Å². The Hall–Kier alpha value is -3.00. The first-order valence-electron chi connectivity index (χ1n) is 9.17. The van der Waals surface area contributed by atoms with Gasteiger partial charge in [0.25, 0.3) is 0 Å². The van der Waals surface area contributed by atoms with E-state index < -0.39 is 0 Å². The molecule has 1 N–H and O–H groups in total. The summed E-state index contributed by atoms with van der Waals surface area (Å²) in [5.41, 5.74) is 2.83. The van der Waals surface area contributed by atoms with Gasteiger partial charge in [0.1, 0.15) is 11.9 Å². The summed E-state index contributed by atoms with van der Waals surface area (Å²) in [7, 11) is 1.95. The molecule has 27 heavy (non-hydrogen) atoms. The Morgan fingerprint density at radius 2 is 2.07 bits per heavy atom. The Bertz CT molecular complexity index is 1120. The number of ether oxygens (including phenoxy) is 1. The maximum Gasteiger partial charge on any atom is 0.226 e. The molecule has 3 aromatic heterocycles. The van der Waals surface area contributed by atoms with E-state index >= 15 is 0 Å². The Balaban J connectivity index is 1.49. The molecule has 8 heteroatoms. The first kappa shape index (κ1) is 16.2. The molecule has 138 valence electrons. The highest BCUT2D eigenvalue weighted by Crippen LogP contribution is 2.30. The topological polar surface area (TPSA) is 82.2 Å². The zero-order valence-corrected chi connectivity index (χ0v) is 15.3. The highest BCUT2D eigenvalue weighted by atomic mass is 16.5. The molecule has 0 bridgehead atoms. The van der Waals surface area contributed by atoms with Crippen molar-refractivity contribution in [2.45, 2.75) is 31.9 Å². The lowest BCUT2D eigenvalue weighted by molar-refractivity contribution is 0.00491. The lowest BCUT2D eigenvalue weighted by atomic mass is 10.0. The largest absolute Gasteiger partial charge is 0.372 e. The number of fused-ring (bicyclic) bond motifs is 3. The number of nitrogens with one attached hydrogen (secondary N) is 1. The molecule has 0 radical (unpaired) electrons. The molecule has 1 saturated heterocycles. The minimum atomic E-state index is 0.0252. The first-order chi connectivity index (χ1) is 13.2. The van der Waals surface area contributed by atoms with E-state index in [1.165, 1.54) is 0 Å². The van der Waals surface area contributed by atoms with Crippen LogP contribution in [-0.2, 0) is 11.8 Å². The van der Waals surface area contributed by atoms with Crippen molar-refractivity contribution in [1.29, 1.82) is 0 Å². The summed E-state index contributed by atoms with van der Waals surface area (Å²) in [6, 6.07) is 10.3. The van der Waals surface area contributed by atoms with Crippen LogP contribution in [0.4, 0.5) is 5.95 Å². The number of hydrogen-bond donors (Lipinski definition) is 1. The van der Waals surface area contributed by atoms with Crippen LogP contribution in [0, 0.1) is 6.92 Å². The summed E-state index contributed by atoms with van der Waals surface area (Å²) in [5.74, 6) is 1.45. The fourth-order valence-electron chi connectivity index (χ4n) is 3.77. The van der Waals surface area contributed by atoms with Crippen molar-refractivity contribution >= 4 is 22.5 Å². The number of para-hydroxylation sites is 1.